The van der Waals surface area contributed by atoms with Crippen molar-refractivity contribution in [3.63, 3.8) is 0 Å². The van der Waals surface area contributed by atoms with E-state index in [9.17, 15) is 0 Å². The maximum Gasteiger partial charge on any atom is 0.121 e. The lowest BCUT2D eigenvalue weighted by Crippen LogP contribution is -2.18. The van der Waals surface area contributed by atoms with E-state index in [1.165, 1.54) is 5.56 Å². The van der Waals surface area contributed by atoms with Crippen molar-refractivity contribution in [2.24, 2.45) is 5.41 Å². The molecule has 0 aliphatic heterocycles. The van der Waals surface area contributed by atoms with Crippen molar-refractivity contribution < 1.29 is 4.74 Å². The number of hydrogen-bond donors (Lipinski definition) is 1. The van der Waals surface area contributed by atoms with Crippen molar-refractivity contribution in [3.8, 4) is 5.75 Å². The highest BCUT2D eigenvalue weighted by molar-refractivity contribution is 5.48. The van der Waals surface area contributed by atoms with Crippen LogP contribution in [0, 0.1) is 5.41 Å². The summed E-state index contributed by atoms with van der Waals surface area (Å²) < 4.78 is 5.82. The van der Waals surface area contributed by atoms with Gasteiger partial charge < -0.3 is 10.1 Å². The summed E-state index contributed by atoms with van der Waals surface area (Å²) in [5, 5.41) is 3.44. The average molecular weight is 269 g/mol. The molecule has 2 aromatic carbocycles. The molecule has 0 aliphatic carbocycles. The molecule has 2 heteroatoms. The van der Waals surface area contributed by atoms with Crippen molar-refractivity contribution in [2.75, 3.05) is 11.9 Å². The molecule has 0 unspecified atom stereocenters. The Morgan fingerprint density at radius 3 is 2.40 bits per heavy atom. The largest absolute Gasteiger partial charge is 0.489 e. The van der Waals surface area contributed by atoms with E-state index < -0.39 is 0 Å². The molecule has 0 spiro atoms. The van der Waals surface area contributed by atoms with Gasteiger partial charge in [-0.05, 0) is 23.1 Å². The molecule has 0 bridgehead atoms. The fourth-order valence-electron chi connectivity index (χ4n) is 1.80. The summed E-state index contributed by atoms with van der Waals surface area (Å²) in [5.74, 6) is 0.896. The van der Waals surface area contributed by atoms with Gasteiger partial charge in [0, 0.05) is 18.3 Å². The molecule has 20 heavy (non-hydrogen) atoms. The van der Waals surface area contributed by atoms with Gasteiger partial charge in [-0.15, -0.1) is 0 Å². The van der Waals surface area contributed by atoms with Gasteiger partial charge in [0.05, 0.1) is 0 Å². The Hall–Kier alpha value is -1.96. The lowest BCUT2D eigenvalue weighted by molar-refractivity contribution is 0.306. The quantitative estimate of drug-likeness (QED) is 0.847. The molecule has 0 amide bonds. The molecule has 0 heterocycles. The molecule has 0 aliphatic rings. The maximum absolute atomic E-state index is 5.82. The average Bonchev–Trinajstić information content (AvgIpc) is 2.44. The van der Waals surface area contributed by atoms with Crippen molar-refractivity contribution in [1.82, 2.24) is 0 Å². The first-order valence-electron chi connectivity index (χ1n) is 7.04. The molecule has 2 nitrogen and oxygen atoms in total. The summed E-state index contributed by atoms with van der Waals surface area (Å²) in [5.41, 5.74) is 2.55. The smallest absolute Gasteiger partial charge is 0.121 e. The number of nitrogens with one attached hydrogen (secondary N) is 1. The van der Waals surface area contributed by atoms with E-state index in [0.717, 1.165) is 18.0 Å². The van der Waals surface area contributed by atoms with E-state index in [2.05, 4.69) is 50.4 Å². The van der Waals surface area contributed by atoms with Crippen molar-refractivity contribution in [3.05, 3.63) is 60.2 Å². The first-order chi connectivity index (χ1) is 9.53. The second-order valence-corrected chi connectivity index (χ2v) is 6.22. The van der Waals surface area contributed by atoms with E-state index >= 15 is 0 Å². The number of ether oxygens (including phenoxy) is 1. The molecule has 106 valence electrons. The van der Waals surface area contributed by atoms with E-state index in [-0.39, 0.29) is 5.41 Å². The van der Waals surface area contributed by atoms with Crippen LogP contribution in [0.3, 0.4) is 0 Å². The third-order valence-corrected chi connectivity index (χ3v) is 2.91. The summed E-state index contributed by atoms with van der Waals surface area (Å²) in [4.78, 5) is 0. The molecule has 2 rings (SSSR count). The second-order valence-electron chi connectivity index (χ2n) is 6.22. The first kappa shape index (κ1) is 14.4. The van der Waals surface area contributed by atoms with Crippen LogP contribution in [0.4, 0.5) is 5.69 Å². The molecule has 0 fully saturated rings. The van der Waals surface area contributed by atoms with Crippen LogP contribution in [0.25, 0.3) is 0 Å². The zero-order chi connectivity index (χ0) is 14.4. The highest BCUT2D eigenvalue weighted by Gasteiger charge is 2.09. The minimum Gasteiger partial charge on any atom is -0.489 e. The molecule has 0 atom stereocenters. The van der Waals surface area contributed by atoms with E-state index in [0.29, 0.717) is 6.61 Å². The fourth-order valence-corrected chi connectivity index (χ4v) is 1.80. The second kappa shape index (κ2) is 6.47. The van der Waals surface area contributed by atoms with Gasteiger partial charge in [0.15, 0.2) is 0 Å². The van der Waals surface area contributed by atoms with Crippen LogP contribution in [-0.4, -0.2) is 6.54 Å². The zero-order valence-corrected chi connectivity index (χ0v) is 12.5. The maximum atomic E-state index is 5.82. The molecular weight excluding hydrogens is 246 g/mol. The number of anilines is 1. The van der Waals surface area contributed by atoms with Gasteiger partial charge in [-0.1, -0.05) is 57.2 Å². The summed E-state index contributed by atoms with van der Waals surface area (Å²) in [7, 11) is 0. The molecule has 0 saturated heterocycles. The van der Waals surface area contributed by atoms with Gasteiger partial charge in [-0.3, -0.25) is 0 Å². The lowest BCUT2D eigenvalue weighted by atomic mass is 9.97. The van der Waals surface area contributed by atoms with Gasteiger partial charge in [0.2, 0.25) is 0 Å². The molecular formula is C18H23NO. The topological polar surface area (TPSA) is 21.3 Å². The van der Waals surface area contributed by atoms with Gasteiger partial charge in [-0.2, -0.15) is 0 Å². The minimum atomic E-state index is 0.265. The number of hydrogen-bond acceptors (Lipinski definition) is 2. The van der Waals surface area contributed by atoms with Crippen LogP contribution >= 0.6 is 0 Å². The fraction of sp³-hybridized carbons (Fsp3) is 0.333. The van der Waals surface area contributed by atoms with Crippen molar-refractivity contribution >= 4 is 5.69 Å². The van der Waals surface area contributed by atoms with E-state index in [1.807, 2.05) is 30.3 Å². The molecule has 0 saturated carbocycles. The Bertz CT molecular complexity index is 529. The predicted octanol–water partition coefficient (Wildman–Crippen LogP) is 4.72. The van der Waals surface area contributed by atoms with Crippen LogP contribution in [-0.2, 0) is 6.61 Å². The van der Waals surface area contributed by atoms with Crippen LogP contribution in [0.2, 0.25) is 0 Å². The van der Waals surface area contributed by atoms with Crippen LogP contribution < -0.4 is 10.1 Å². The summed E-state index contributed by atoms with van der Waals surface area (Å²) in [6.45, 7) is 8.19. The third-order valence-electron chi connectivity index (χ3n) is 2.91. The molecule has 0 aromatic heterocycles. The van der Waals surface area contributed by atoms with Crippen LogP contribution in [0.15, 0.2) is 54.6 Å². The first-order valence-corrected chi connectivity index (χ1v) is 7.04. The van der Waals surface area contributed by atoms with Gasteiger partial charge in [-0.25, -0.2) is 0 Å². The van der Waals surface area contributed by atoms with E-state index in [4.69, 9.17) is 4.74 Å². The monoisotopic (exact) mass is 269 g/mol. The molecule has 0 radical (unpaired) electrons. The van der Waals surface area contributed by atoms with E-state index in [1.54, 1.807) is 0 Å². The molecule has 1 N–H and O–H groups in total. The zero-order valence-electron chi connectivity index (χ0n) is 12.5. The standard InChI is InChI=1S/C18H23NO/c1-18(2,3)14-19-16-10-7-11-17(12-16)20-13-15-8-5-4-6-9-15/h4-12,19H,13-14H2,1-3H3. The Morgan fingerprint density at radius 1 is 0.950 bits per heavy atom. The molecule has 2 aromatic rings. The number of rotatable bonds is 5. The van der Waals surface area contributed by atoms with Crippen molar-refractivity contribution in [1.29, 1.82) is 0 Å². The summed E-state index contributed by atoms with van der Waals surface area (Å²) in [6.07, 6.45) is 0. The SMILES string of the molecule is CC(C)(C)CNc1cccc(OCc2ccccc2)c1. The van der Waals surface area contributed by atoms with Crippen molar-refractivity contribution in [2.45, 2.75) is 27.4 Å². The van der Waals surface area contributed by atoms with Gasteiger partial charge >= 0.3 is 0 Å². The van der Waals surface area contributed by atoms with Crippen LogP contribution in [0.5, 0.6) is 5.75 Å². The Kier molecular flexibility index (Phi) is 4.67. The highest BCUT2D eigenvalue weighted by atomic mass is 16.5. The summed E-state index contributed by atoms with van der Waals surface area (Å²) in [6, 6.07) is 18.3. The predicted molar refractivity (Wildman–Crippen MR) is 85.2 cm³/mol. The van der Waals surface area contributed by atoms with Gasteiger partial charge in [0.25, 0.3) is 0 Å². The van der Waals surface area contributed by atoms with Gasteiger partial charge in [0.1, 0.15) is 12.4 Å². The Labute approximate surface area is 121 Å². The highest BCUT2D eigenvalue weighted by Crippen LogP contribution is 2.20. The Balaban J connectivity index is 1.92. The Morgan fingerprint density at radius 2 is 1.70 bits per heavy atom. The normalized spacial score (nSPS) is 11.2. The number of benzene rings is 2. The third kappa shape index (κ3) is 4.96. The van der Waals surface area contributed by atoms with Crippen LogP contribution in [0.1, 0.15) is 26.3 Å². The summed E-state index contributed by atoms with van der Waals surface area (Å²) >= 11 is 0. The lowest BCUT2D eigenvalue weighted by Gasteiger charge is -2.20. The minimum absolute atomic E-state index is 0.265.